The predicted octanol–water partition coefficient (Wildman–Crippen LogP) is 3.71. The fraction of sp³-hybridized carbons (Fsp3) is 0.286. The van der Waals surface area contributed by atoms with Crippen LogP contribution in [0.5, 0.6) is 0 Å². The Labute approximate surface area is 154 Å². The van der Waals surface area contributed by atoms with E-state index < -0.39 is 0 Å². The molecule has 0 unspecified atom stereocenters. The number of rotatable bonds is 4. The van der Waals surface area contributed by atoms with Crippen LogP contribution in [0.1, 0.15) is 42.3 Å². The highest BCUT2D eigenvalue weighted by Crippen LogP contribution is 2.23. The van der Waals surface area contributed by atoms with Gasteiger partial charge in [0.25, 0.3) is 5.91 Å². The Balaban J connectivity index is 1.72. The molecule has 0 saturated heterocycles. The highest BCUT2D eigenvalue weighted by Gasteiger charge is 2.15. The fourth-order valence-corrected chi connectivity index (χ4v) is 2.78. The van der Waals surface area contributed by atoms with E-state index in [1.165, 1.54) is 5.56 Å². The molecule has 0 aliphatic heterocycles. The van der Waals surface area contributed by atoms with Crippen LogP contribution in [0, 0.1) is 0 Å². The van der Waals surface area contributed by atoms with Gasteiger partial charge in [-0.2, -0.15) is 5.10 Å². The number of nitrogens with one attached hydrogen (secondary N) is 1. The molecule has 3 aromatic rings. The van der Waals surface area contributed by atoms with E-state index in [0.29, 0.717) is 12.1 Å². The van der Waals surface area contributed by atoms with E-state index in [9.17, 15) is 4.79 Å². The van der Waals surface area contributed by atoms with Gasteiger partial charge in [-0.1, -0.05) is 39.0 Å². The topological polar surface area (TPSA) is 59.8 Å². The third-order valence-corrected chi connectivity index (χ3v) is 4.32. The minimum atomic E-state index is -0.0913. The second-order valence-corrected chi connectivity index (χ2v) is 7.42. The first-order chi connectivity index (χ1) is 12.3. The maximum atomic E-state index is 12.5. The summed E-state index contributed by atoms with van der Waals surface area (Å²) in [5, 5.41) is 7.18. The fourth-order valence-electron chi connectivity index (χ4n) is 2.78. The van der Waals surface area contributed by atoms with E-state index in [2.05, 4.69) is 36.2 Å². The van der Waals surface area contributed by atoms with Crippen molar-refractivity contribution in [1.82, 2.24) is 20.1 Å². The average molecular weight is 348 g/mol. The number of amides is 1. The second-order valence-electron chi connectivity index (χ2n) is 7.42. The summed E-state index contributed by atoms with van der Waals surface area (Å²) in [4.78, 5) is 16.9. The van der Waals surface area contributed by atoms with Crippen molar-refractivity contribution in [2.75, 3.05) is 0 Å². The molecule has 1 N–H and O–H groups in total. The van der Waals surface area contributed by atoms with Crippen molar-refractivity contribution >= 4 is 5.91 Å². The van der Waals surface area contributed by atoms with Gasteiger partial charge in [0.1, 0.15) is 0 Å². The molecule has 1 aromatic carbocycles. The van der Waals surface area contributed by atoms with Crippen molar-refractivity contribution in [2.24, 2.45) is 7.05 Å². The number of nitrogens with zero attached hydrogens (tertiary/aromatic N) is 3. The Morgan fingerprint density at radius 3 is 2.50 bits per heavy atom. The molecule has 0 fully saturated rings. The Kier molecular flexibility index (Phi) is 4.89. The summed E-state index contributed by atoms with van der Waals surface area (Å²) in [6, 6.07) is 11.6. The van der Waals surface area contributed by atoms with Gasteiger partial charge in [-0.05, 0) is 34.7 Å². The molecule has 134 valence electrons. The van der Waals surface area contributed by atoms with Crippen molar-refractivity contribution < 1.29 is 4.79 Å². The molecule has 0 aliphatic rings. The Hall–Kier alpha value is -2.95. The molecule has 0 saturated carbocycles. The molecule has 5 nitrogen and oxygen atoms in total. The quantitative estimate of drug-likeness (QED) is 0.782. The molecule has 0 atom stereocenters. The Morgan fingerprint density at radius 1 is 1.15 bits per heavy atom. The summed E-state index contributed by atoms with van der Waals surface area (Å²) < 4.78 is 1.74. The van der Waals surface area contributed by atoms with E-state index >= 15 is 0 Å². The zero-order chi connectivity index (χ0) is 18.7. The smallest absolute Gasteiger partial charge is 0.251 e. The van der Waals surface area contributed by atoms with Crippen molar-refractivity contribution in [3.63, 3.8) is 0 Å². The van der Waals surface area contributed by atoms with Gasteiger partial charge < -0.3 is 5.32 Å². The lowest BCUT2D eigenvalue weighted by Crippen LogP contribution is -2.23. The van der Waals surface area contributed by atoms with Gasteiger partial charge in [-0.15, -0.1) is 0 Å². The lowest BCUT2D eigenvalue weighted by Gasteiger charge is -2.19. The van der Waals surface area contributed by atoms with Gasteiger partial charge in [0, 0.05) is 37.1 Å². The van der Waals surface area contributed by atoms with E-state index in [4.69, 9.17) is 0 Å². The number of carbonyl (C=O) groups is 1. The summed E-state index contributed by atoms with van der Waals surface area (Å²) in [5.41, 5.74) is 4.67. The Morgan fingerprint density at radius 2 is 1.88 bits per heavy atom. The lowest BCUT2D eigenvalue weighted by molar-refractivity contribution is 0.0951. The zero-order valence-electron chi connectivity index (χ0n) is 15.7. The number of hydrogen-bond donors (Lipinski definition) is 1. The van der Waals surface area contributed by atoms with Crippen LogP contribution in [0.4, 0.5) is 0 Å². The van der Waals surface area contributed by atoms with Crippen molar-refractivity contribution in [2.45, 2.75) is 32.7 Å². The molecule has 2 heterocycles. The van der Waals surface area contributed by atoms with Crippen molar-refractivity contribution in [1.29, 1.82) is 0 Å². The summed E-state index contributed by atoms with van der Waals surface area (Å²) in [7, 11) is 1.87. The summed E-state index contributed by atoms with van der Waals surface area (Å²) in [6.07, 6.45) is 5.44. The van der Waals surface area contributed by atoms with Gasteiger partial charge in [-0.25, -0.2) is 0 Å². The third kappa shape index (κ3) is 3.99. The first-order valence-electron chi connectivity index (χ1n) is 8.66. The predicted molar refractivity (Wildman–Crippen MR) is 103 cm³/mol. The molecule has 5 heteroatoms. The standard InChI is InChI=1S/C21H24N4O/c1-21(2,3)18-9-7-15(8-10-18)20(26)23-12-16-6-5-11-22-19(16)17-13-24-25(4)14-17/h5-11,13-14H,12H2,1-4H3,(H,23,26). The van der Waals surface area contributed by atoms with Crippen LogP contribution in [0.3, 0.4) is 0 Å². The molecule has 1 amide bonds. The van der Waals surface area contributed by atoms with Crippen molar-refractivity contribution in [3.8, 4) is 11.3 Å². The summed E-state index contributed by atoms with van der Waals surface area (Å²) >= 11 is 0. The maximum Gasteiger partial charge on any atom is 0.251 e. The SMILES string of the molecule is Cn1cc(-c2ncccc2CNC(=O)c2ccc(C(C)(C)C)cc2)cn1. The van der Waals surface area contributed by atoms with E-state index in [0.717, 1.165) is 16.8 Å². The number of hydrogen-bond acceptors (Lipinski definition) is 3. The normalized spacial score (nSPS) is 11.4. The second kappa shape index (κ2) is 7.12. The molecule has 0 spiro atoms. The van der Waals surface area contributed by atoms with Crippen LogP contribution in [0.25, 0.3) is 11.3 Å². The number of pyridine rings is 1. The van der Waals surface area contributed by atoms with Crippen LogP contribution >= 0.6 is 0 Å². The van der Waals surface area contributed by atoms with Gasteiger partial charge in [0.05, 0.1) is 11.9 Å². The molecule has 2 aromatic heterocycles. The minimum Gasteiger partial charge on any atom is -0.348 e. The van der Waals surface area contributed by atoms with E-state index in [-0.39, 0.29) is 11.3 Å². The van der Waals surface area contributed by atoms with Crippen LogP contribution in [0.2, 0.25) is 0 Å². The number of aryl methyl sites for hydroxylation is 1. The van der Waals surface area contributed by atoms with E-state index in [1.807, 2.05) is 49.6 Å². The van der Waals surface area contributed by atoms with Gasteiger partial charge in [0.15, 0.2) is 0 Å². The molecule has 0 radical (unpaired) electrons. The van der Waals surface area contributed by atoms with Crippen LogP contribution in [-0.4, -0.2) is 20.7 Å². The van der Waals surface area contributed by atoms with Crippen molar-refractivity contribution in [3.05, 3.63) is 71.7 Å². The molecule has 3 rings (SSSR count). The van der Waals surface area contributed by atoms with Crippen LogP contribution in [-0.2, 0) is 19.0 Å². The molecule has 26 heavy (non-hydrogen) atoms. The zero-order valence-corrected chi connectivity index (χ0v) is 15.7. The maximum absolute atomic E-state index is 12.5. The first kappa shape index (κ1) is 17.9. The summed E-state index contributed by atoms with van der Waals surface area (Å²) in [6.45, 7) is 6.89. The molecular formula is C21H24N4O. The highest BCUT2D eigenvalue weighted by atomic mass is 16.1. The Bertz CT molecular complexity index is 904. The van der Waals surface area contributed by atoms with Crippen LogP contribution < -0.4 is 5.32 Å². The first-order valence-corrected chi connectivity index (χ1v) is 8.66. The number of benzene rings is 1. The third-order valence-electron chi connectivity index (χ3n) is 4.32. The van der Waals surface area contributed by atoms with E-state index in [1.54, 1.807) is 17.1 Å². The monoisotopic (exact) mass is 348 g/mol. The summed E-state index contributed by atoms with van der Waals surface area (Å²) in [5.74, 6) is -0.0913. The minimum absolute atomic E-state index is 0.0728. The largest absolute Gasteiger partial charge is 0.348 e. The molecule has 0 aliphatic carbocycles. The highest BCUT2D eigenvalue weighted by molar-refractivity contribution is 5.94. The average Bonchev–Trinajstić information content (AvgIpc) is 3.05. The number of carbonyl (C=O) groups excluding carboxylic acids is 1. The van der Waals surface area contributed by atoms with Gasteiger partial charge in [0.2, 0.25) is 0 Å². The number of aromatic nitrogens is 3. The molecular weight excluding hydrogens is 324 g/mol. The van der Waals surface area contributed by atoms with Gasteiger partial charge in [-0.3, -0.25) is 14.5 Å². The lowest BCUT2D eigenvalue weighted by atomic mass is 9.87. The molecule has 0 bridgehead atoms. The van der Waals surface area contributed by atoms with Gasteiger partial charge >= 0.3 is 0 Å². The van der Waals surface area contributed by atoms with Crippen LogP contribution in [0.15, 0.2) is 55.0 Å².